The number of hydrogen-bond acceptors (Lipinski definition) is 6. The van der Waals surface area contributed by atoms with Crippen molar-refractivity contribution in [2.75, 3.05) is 39.4 Å². The Bertz CT molecular complexity index is 565. The van der Waals surface area contributed by atoms with E-state index in [9.17, 15) is 4.79 Å². The van der Waals surface area contributed by atoms with Crippen LogP contribution in [0.4, 0.5) is 0 Å². The lowest BCUT2D eigenvalue weighted by Crippen LogP contribution is -2.57. The van der Waals surface area contributed by atoms with E-state index in [4.69, 9.17) is 9.47 Å². The predicted octanol–water partition coefficient (Wildman–Crippen LogP) is 0.149. The maximum Gasteiger partial charge on any atom is 0.237 e. The molecule has 1 amide bonds. The number of rotatable bonds is 4. The Labute approximate surface area is 148 Å². The zero-order valence-electron chi connectivity index (χ0n) is 14.6. The van der Waals surface area contributed by atoms with Crippen LogP contribution in [-0.4, -0.2) is 88.1 Å². The summed E-state index contributed by atoms with van der Waals surface area (Å²) in [6.45, 7) is 4.76. The van der Waals surface area contributed by atoms with Gasteiger partial charge in [0.1, 0.15) is 12.7 Å². The summed E-state index contributed by atoms with van der Waals surface area (Å²) in [6, 6.07) is 0.280. The highest BCUT2D eigenvalue weighted by molar-refractivity contribution is 5.78. The summed E-state index contributed by atoms with van der Waals surface area (Å²) in [5.74, 6) is 0.238. The van der Waals surface area contributed by atoms with Gasteiger partial charge in [-0.05, 0) is 12.8 Å². The Hall–Kier alpha value is -1.51. The van der Waals surface area contributed by atoms with Crippen LogP contribution in [0.2, 0.25) is 0 Å². The number of carbonyl (C=O) groups is 1. The van der Waals surface area contributed by atoms with Crippen molar-refractivity contribution in [3.8, 4) is 0 Å². The van der Waals surface area contributed by atoms with Gasteiger partial charge in [0.2, 0.25) is 5.91 Å². The fourth-order valence-electron chi connectivity index (χ4n) is 4.26. The quantitative estimate of drug-likeness (QED) is 0.770. The predicted molar refractivity (Wildman–Crippen MR) is 89.9 cm³/mol. The van der Waals surface area contributed by atoms with Crippen LogP contribution in [0.3, 0.4) is 0 Å². The van der Waals surface area contributed by atoms with Gasteiger partial charge < -0.3 is 14.4 Å². The molecular formula is C17H27N5O3. The molecule has 1 aromatic heterocycles. The van der Waals surface area contributed by atoms with Gasteiger partial charge in [0.25, 0.3) is 0 Å². The number of aromatic nitrogens is 3. The second-order valence-electron chi connectivity index (χ2n) is 7.19. The zero-order valence-corrected chi connectivity index (χ0v) is 14.6. The third kappa shape index (κ3) is 4.02. The monoisotopic (exact) mass is 349 g/mol. The number of nitrogens with zero attached hydrogens (tertiary/aromatic N) is 5. The van der Waals surface area contributed by atoms with E-state index < -0.39 is 0 Å². The van der Waals surface area contributed by atoms with Crippen molar-refractivity contribution in [2.24, 2.45) is 0 Å². The number of carbonyl (C=O) groups excluding carboxylic acids is 1. The molecule has 1 aliphatic carbocycles. The van der Waals surface area contributed by atoms with Crippen LogP contribution in [0.15, 0.2) is 12.7 Å². The Morgan fingerprint density at radius 1 is 1.16 bits per heavy atom. The highest BCUT2D eigenvalue weighted by Gasteiger charge is 2.37. The molecule has 0 spiro atoms. The molecule has 0 N–H and O–H groups in total. The van der Waals surface area contributed by atoms with Crippen molar-refractivity contribution in [1.29, 1.82) is 0 Å². The van der Waals surface area contributed by atoms with E-state index in [1.54, 1.807) is 11.0 Å². The van der Waals surface area contributed by atoms with Gasteiger partial charge in [-0.25, -0.2) is 4.98 Å². The van der Waals surface area contributed by atoms with E-state index in [0.717, 1.165) is 32.5 Å². The first kappa shape index (κ1) is 16.9. The van der Waals surface area contributed by atoms with E-state index in [2.05, 4.69) is 19.9 Å². The van der Waals surface area contributed by atoms with Crippen molar-refractivity contribution in [3.05, 3.63) is 12.7 Å². The van der Waals surface area contributed by atoms with Gasteiger partial charge in [-0.1, -0.05) is 12.8 Å². The van der Waals surface area contributed by atoms with E-state index in [-0.39, 0.29) is 24.2 Å². The molecule has 3 heterocycles. The van der Waals surface area contributed by atoms with Crippen molar-refractivity contribution in [2.45, 2.75) is 50.5 Å². The van der Waals surface area contributed by atoms with Gasteiger partial charge in [-0.15, -0.1) is 0 Å². The number of hydrogen-bond donors (Lipinski definition) is 0. The molecule has 2 aliphatic heterocycles. The van der Waals surface area contributed by atoms with Crippen molar-refractivity contribution < 1.29 is 14.3 Å². The first-order chi connectivity index (χ1) is 12.3. The Kier molecular flexibility index (Phi) is 5.28. The Morgan fingerprint density at radius 2 is 2.04 bits per heavy atom. The van der Waals surface area contributed by atoms with Crippen molar-refractivity contribution in [1.82, 2.24) is 24.6 Å². The molecule has 4 rings (SSSR count). The molecule has 0 bridgehead atoms. The van der Waals surface area contributed by atoms with Crippen LogP contribution in [0.5, 0.6) is 0 Å². The third-order valence-electron chi connectivity index (χ3n) is 5.49. The number of fused-ring (bicyclic) bond motifs is 1. The summed E-state index contributed by atoms with van der Waals surface area (Å²) in [5.41, 5.74) is 0. The average molecular weight is 349 g/mol. The average Bonchev–Trinajstić information content (AvgIpc) is 3.14. The summed E-state index contributed by atoms with van der Waals surface area (Å²) in [6.07, 6.45) is 8.11. The van der Waals surface area contributed by atoms with Gasteiger partial charge in [0, 0.05) is 19.6 Å². The van der Waals surface area contributed by atoms with E-state index in [1.807, 2.05) is 0 Å². The van der Waals surface area contributed by atoms with Crippen LogP contribution in [0.1, 0.15) is 25.7 Å². The lowest BCUT2D eigenvalue weighted by Gasteiger charge is -2.44. The lowest BCUT2D eigenvalue weighted by molar-refractivity contribution is -0.152. The largest absolute Gasteiger partial charge is 0.374 e. The summed E-state index contributed by atoms with van der Waals surface area (Å²) in [7, 11) is 0. The summed E-state index contributed by atoms with van der Waals surface area (Å²) < 4.78 is 13.5. The molecule has 0 aromatic carbocycles. The molecule has 138 valence electrons. The van der Waals surface area contributed by atoms with Crippen molar-refractivity contribution >= 4 is 5.91 Å². The number of morpholine rings is 2. The fourth-order valence-corrected chi connectivity index (χ4v) is 4.26. The van der Waals surface area contributed by atoms with Crippen LogP contribution in [0, 0.1) is 0 Å². The number of amides is 1. The maximum atomic E-state index is 12.9. The fraction of sp³-hybridized carbons (Fsp3) is 0.824. The van der Waals surface area contributed by atoms with Crippen LogP contribution < -0.4 is 0 Å². The molecule has 0 radical (unpaired) electrons. The van der Waals surface area contributed by atoms with E-state index in [0.29, 0.717) is 26.3 Å². The standard InChI is InChI=1S/C17H27N5O3/c23-17(22-6-8-25-16-4-2-1-3-15(16)22)11-20-5-7-24-14(9-20)10-21-13-18-12-19-21/h12-16H,1-11H2/t14-,15-,16-/m0/s1. The molecule has 3 fully saturated rings. The Balaban J connectivity index is 1.32. The minimum Gasteiger partial charge on any atom is -0.374 e. The summed E-state index contributed by atoms with van der Waals surface area (Å²) in [5, 5.41) is 4.13. The van der Waals surface area contributed by atoms with Crippen LogP contribution >= 0.6 is 0 Å². The molecular weight excluding hydrogens is 322 g/mol. The summed E-state index contributed by atoms with van der Waals surface area (Å²) >= 11 is 0. The molecule has 1 saturated carbocycles. The normalized spacial score (nSPS) is 30.9. The second kappa shape index (κ2) is 7.80. The number of ether oxygens (including phenoxy) is 2. The van der Waals surface area contributed by atoms with Crippen molar-refractivity contribution in [3.63, 3.8) is 0 Å². The first-order valence-electron chi connectivity index (χ1n) is 9.37. The molecule has 25 heavy (non-hydrogen) atoms. The van der Waals surface area contributed by atoms with Gasteiger partial charge in [0.15, 0.2) is 0 Å². The maximum absolute atomic E-state index is 12.9. The van der Waals surface area contributed by atoms with Gasteiger partial charge in [0.05, 0.1) is 44.6 Å². The van der Waals surface area contributed by atoms with Crippen LogP contribution in [-0.2, 0) is 20.8 Å². The minimum absolute atomic E-state index is 0.0513. The topological polar surface area (TPSA) is 72.7 Å². The third-order valence-corrected chi connectivity index (χ3v) is 5.49. The van der Waals surface area contributed by atoms with Gasteiger partial charge in [-0.3, -0.25) is 14.4 Å². The minimum atomic E-state index is 0.0513. The smallest absolute Gasteiger partial charge is 0.237 e. The molecule has 0 unspecified atom stereocenters. The first-order valence-corrected chi connectivity index (χ1v) is 9.37. The SMILES string of the molecule is O=C(CN1CCO[C@H](Cn2cncn2)C1)N1CCO[C@H]2CCCC[C@@H]21. The molecule has 3 aliphatic rings. The second-order valence-corrected chi connectivity index (χ2v) is 7.19. The molecule has 3 atom stereocenters. The molecule has 8 nitrogen and oxygen atoms in total. The molecule has 8 heteroatoms. The van der Waals surface area contributed by atoms with Gasteiger partial charge >= 0.3 is 0 Å². The highest BCUT2D eigenvalue weighted by Crippen LogP contribution is 2.28. The highest BCUT2D eigenvalue weighted by atomic mass is 16.5. The molecule has 2 saturated heterocycles. The summed E-state index contributed by atoms with van der Waals surface area (Å²) in [4.78, 5) is 21.2. The van der Waals surface area contributed by atoms with Gasteiger partial charge in [-0.2, -0.15) is 5.10 Å². The Morgan fingerprint density at radius 3 is 2.92 bits per heavy atom. The van der Waals surface area contributed by atoms with E-state index in [1.165, 1.54) is 19.2 Å². The van der Waals surface area contributed by atoms with E-state index >= 15 is 0 Å². The van der Waals surface area contributed by atoms with Crippen LogP contribution in [0.25, 0.3) is 0 Å². The zero-order chi connectivity index (χ0) is 17.1. The molecule has 1 aromatic rings. The lowest BCUT2D eigenvalue weighted by atomic mass is 9.90.